The van der Waals surface area contributed by atoms with Crippen LogP contribution < -0.4 is 0 Å². The lowest BCUT2D eigenvalue weighted by Crippen LogP contribution is -2.16. The van der Waals surface area contributed by atoms with Crippen LogP contribution in [0, 0.1) is 0 Å². The number of hydrogen-bond donors (Lipinski definition) is 0. The van der Waals surface area contributed by atoms with Crippen molar-refractivity contribution in [3.63, 3.8) is 0 Å². The van der Waals surface area contributed by atoms with E-state index in [9.17, 15) is 0 Å². The van der Waals surface area contributed by atoms with Gasteiger partial charge in [0.15, 0.2) is 0 Å². The second-order valence-electron chi connectivity index (χ2n) is 3.94. The first kappa shape index (κ1) is 11.1. The summed E-state index contributed by atoms with van der Waals surface area (Å²) in [6.07, 6.45) is -0.350. The molecule has 0 radical (unpaired) electrons. The molecule has 1 saturated heterocycles. The highest BCUT2D eigenvalue weighted by Gasteiger charge is 2.30. The number of fused-ring (bicyclic) bond motifs is 1. The van der Waals surface area contributed by atoms with Gasteiger partial charge in [0.25, 0.3) is 0 Å². The Labute approximate surface area is 103 Å². The quantitative estimate of drug-likeness (QED) is 0.839. The van der Waals surface area contributed by atoms with E-state index in [0.717, 1.165) is 15.8 Å². The first-order chi connectivity index (χ1) is 8.38. The monoisotopic (exact) mass is 251 g/mol. The topological polar surface area (TPSA) is 40.6 Å². The molecule has 0 spiro atoms. The molecular formula is C12H13NO3S. The molecule has 5 heteroatoms. The van der Waals surface area contributed by atoms with Crippen LogP contribution in [0.25, 0.3) is 10.1 Å². The molecule has 2 heterocycles. The summed E-state index contributed by atoms with van der Waals surface area (Å²) in [5.74, 6) is 0. The van der Waals surface area contributed by atoms with Gasteiger partial charge in [-0.2, -0.15) is 4.37 Å². The van der Waals surface area contributed by atoms with Gasteiger partial charge in [-0.25, -0.2) is 0 Å². The minimum absolute atomic E-state index is 0.00506. The molecule has 0 N–H and O–H groups in total. The van der Waals surface area contributed by atoms with Crippen LogP contribution in [0.4, 0.5) is 0 Å². The van der Waals surface area contributed by atoms with Crippen molar-refractivity contribution in [3.05, 3.63) is 30.0 Å². The fourth-order valence-corrected chi connectivity index (χ4v) is 2.73. The summed E-state index contributed by atoms with van der Waals surface area (Å²) in [5.41, 5.74) is 0.879. The molecule has 0 aliphatic carbocycles. The number of ether oxygens (including phenoxy) is 3. The van der Waals surface area contributed by atoms with Crippen LogP contribution in [0.3, 0.4) is 0 Å². The van der Waals surface area contributed by atoms with Gasteiger partial charge in [0.1, 0.15) is 11.8 Å². The standard InChI is InChI=1S/C12H13NO3S/c1-14-6-8-7-15-12(16-8)11-9-4-2-3-5-10(9)17-13-11/h2-5,8,12H,6-7H2,1H3. The molecule has 1 fully saturated rings. The average molecular weight is 251 g/mol. The Kier molecular flexibility index (Phi) is 3.07. The van der Waals surface area contributed by atoms with E-state index in [2.05, 4.69) is 10.4 Å². The van der Waals surface area contributed by atoms with Crippen LogP contribution in [-0.4, -0.2) is 30.8 Å². The third-order valence-electron chi connectivity index (χ3n) is 2.73. The van der Waals surface area contributed by atoms with Gasteiger partial charge in [-0.3, -0.25) is 0 Å². The van der Waals surface area contributed by atoms with E-state index < -0.39 is 0 Å². The smallest absolute Gasteiger partial charge is 0.203 e. The van der Waals surface area contributed by atoms with Gasteiger partial charge >= 0.3 is 0 Å². The van der Waals surface area contributed by atoms with Gasteiger partial charge in [-0.05, 0) is 17.6 Å². The SMILES string of the molecule is COCC1COC(c2nsc3ccccc23)O1. The van der Waals surface area contributed by atoms with Crippen molar-refractivity contribution in [2.45, 2.75) is 12.4 Å². The molecule has 2 unspecified atom stereocenters. The number of benzene rings is 1. The van der Waals surface area contributed by atoms with E-state index in [0.29, 0.717) is 13.2 Å². The molecule has 1 aliphatic heterocycles. The summed E-state index contributed by atoms with van der Waals surface area (Å²) in [6, 6.07) is 8.11. The zero-order valence-corrected chi connectivity index (χ0v) is 10.3. The van der Waals surface area contributed by atoms with E-state index in [1.54, 1.807) is 7.11 Å². The number of nitrogens with zero attached hydrogens (tertiary/aromatic N) is 1. The van der Waals surface area contributed by atoms with Crippen LogP contribution in [0.15, 0.2) is 24.3 Å². The lowest BCUT2D eigenvalue weighted by Gasteiger charge is -2.08. The summed E-state index contributed by atoms with van der Waals surface area (Å²) in [4.78, 5) is 0. The van der Waals surface area contributed by atoms with Crippen molar-refractivity contribution in [2.24, 2.45) is 0 Å². The summed E-state index contributed by atoms with van der Waals surface area (Å²) in [6.45, 7) is 1.11. The molecular weight excluding hydrogens is 238 g/mol. The Morgan fingerprint density at radius 3 is 3.24 bits per heavy atom. The molecule has 17 heavy (non-hydrogen) atoms. The predicted octanol–water partition coefficient (Wildman–Crippen LogP) is 2.36. The van der Waals surface area contributed by atoms with Gasteiger partial charge in [-0.1, -0.05) is 18.2 Å². The Hall–Kier alpha value is -1.01. The highest BCUT2D eigenvalue weighted by molar-refractivity contribution is 7.13. The second kappa shape index (κ2) is 4.70. The third kappa shape index (κ3) is 2.07. The van der Waals surface area contributed by atoms with Crippen LogP contribution >= 0.6 is 11.5 Å². The van der Waals surface area contributed by atoms with Crippen molar-refractivity contribution in [3.8, 4) is 0 Å². The Balaban J connectivity index is 1.85. The summed E-state index contributed by atoms with van der Waals surface area (Å²) < 4.78 is 22.0. The summed E-state index contributed by atoms with van der Waals surface area (Å²) >= 11 is 1.47. The van der Waals surface area contributed by atoms with Crippen molar-refractivity contribution in [1.29, 1.82) is 0 Å². The van der Waals surface area contributed by atoms with E-state index in [1.807, 2.05) is 18.2 Å². The third-order valence-corrected chi connectivity index (χ3v) is 3.57. The lowest BCUT2D eigenvalue weighted by atomic mass is 10.2. The maximum absolute atomic E-state index is 5.75. The van der Waals surface area contributed by atoms with E-state index in [4.69, 9.17) is 14.2 Å². The van der Waals surface area contributed by atoms with E-state index >= 15 is 0 Å². The van der Waals surface area contributed by atoms with Crippen molar-refractivity contribution >= 4 is 21.6 Å². The lowest BCUT2D eigenvalue weighted by molar-refractivity contribution is -0.0716. The van der Waals surface area contributed by atoms with Crippen molar-refractivity contribution < 1.29 is 14.2 Å². The largest absolute Gasteiger partial charge is 0.382 e. The number of methoxy groups -OCH3 is 1. The fraction of sp³-hybridized carbons (Fsp3) is 0.417. The molecule has 90 valence electrons. The first-order valence-electron chi connectivity index (χ1n) is 5.49. The number of rotatable bonds is 3. The molecule has 1 aliphatic rings. The Morgan fingerprint density at radius 1 is 1.47 bits per heavy atom. The number of aromatic nitrogens is 1. The molecule has 1 aromatic heterocycles. The van der Waals surface area contributed by atoms with Gasteiger partial charge in [0.2, 0.25) is 6.29 Å². The van der Waals surface area contributed by atoms with Crippen molar-refractivity contribution in [1.82, 2.24) is 4.37 Å². The maximum atomic E-state index is 5.75. The highest BCUT2D eigenvalue weighted by atomic mass is 32.1. The van der Waals surface area contributed by atoms with E-state index in [-0.39, 0.29) is 12.4 Å². The Bertz CT molecular complexity index is 513. The molecule has 2 aromatic rings. The Morgan fingerprint density at radius 2 is 2.35 bits per heavy atom. The number of hydrogen-bond acceptors (Lipinski definition) is 5. The van der Waals surface area contributed by atoms with Crippen LogP contribution in [0.5, 0.6) is 0 Å². The van der Waals surface area contributed by atoms with Gasteiger partial charge < -0.3 is 14.2 Å². The van der Waals surface area contributed by atoms with Crippen LogP contribution in [0.2, 0.25) is 0 Å². The van der Waals surface area contributed by atoms with E-state index in [1.165, 1.54) is 11.5 Å². The normalized spacial score (nSPS) is 24.5. The molecule has 4 nitrogen and oxygen atoms in total. The molecule has 3 rings (SSSR count). The van der Waals surface area contributed by atoms with Crippen LogP contribution in [0.1, 0.15) is 12.0 Å². The summed E-state index contributed by atoms with van der Waals surface area (Å²) in [5, 5.41) is 1.11. The highest BCUT2D eigenvalue weighted by Crippen LogP contribution is 2.33. The minimum Gasteiger partial charge on any atom is -0.382 e. The zero-order chi connectivity index (χ0) is 11.7. The van der Waals surface area contributed by atoms with Crippen LogP contribution in [-0.2, 0) is 14.2 Å². The molecule has 2 atom stereocenters. The van der Waals surface area contributed by atoms with Gasteiger partial charge in [0.05, 0.1) is 17.9 Å². The molecule has 0 amide bonds. The second-order valence-corrected chi connectivity index (χ2v) is 4.75. The van der Waals surface area contributed by atoms with Crippen molar-refractivity contribution in [2.75, 3.05) is 20.3 Å². The molecule has 0 bridgehead atoms. The maximum Gasteiger partial charge on any atom is 0.203 e. The van der Waals surface area contributed by atoms with Gasteiger partial charge in [0, 0.05) is 12.5 Å². The predicted molar refractivity (Wildman–Crippen MR) is 65.1 cm³/mol. The summed E-state index contributed by atoms with van der Waals surface area (Å²) in [7, 11) is 1.66. The average Bonchev–Trinajstić information content (AvgIpc) is 2.95. The molecule has 0 saturated carbocycles. The fourth-order valence-electron chi connectivity index (χ4n) is 1.94. The minimum atomic E-state index is -0.355. The first-order valence-corrected chi connectivity index (χ1v) is 6.26. The zero-order valence-electron chi connectivity index (χ0n) is 9.46. The molecule has 1 aromatic carbocycles. The van der Waals surface area contributed by atoms with Gasteiger partial charge in [-0.15, -0.1) is 0 Å².